The van der Waals surface area contributed by atoms with Crippen LogP contribution in [0.25, 0.3) is 28.3 Å². The summed E-state index contributed by atoms with van der Waals surface area (Å²) in [5, 5.41) is 34.6. The van der Waals surface area contributed by atoms with E-state index in [-0.39, 0.29) is 54.5 Å². The van der Waals surface area contributed by atoms with Crippen molar-refractivity contribution in [1.82, 2.24) is 9.88 Å². The van der Waals surface area contributed by atoms with E-state index in [4.69, 9.17) is 4.74 Å². The summed E-state index contributed by atoms with van der Waals surface area (Å²) >= 11 is 0. The second kappa shape index (κ2) is 16.5. The minimum atomic E-state index is -1.42. The van der Waals surface area contributed by atoms with Gasteiger partial charge >= 0.3 is 29.6 Å². The molecule has 0 aliphatic rings. The number of carbonyl (C=O) groups is 2. The molecule has 0 aliphatic carbocycles. The fraction of sp³-hybridized carbons (Fsp3) is 0.257. The second-order valence-corrected chi connectivity index (χ2v) is 10.7. The van der Waals surface area contributed by atoms with E-state index in [1.54, 1.807) is 25.3 Å². The molecule has 45 heavy (non-hydrogen) atoms. The van der Waals surface area contributed by atoms with Crippen LogP contribution in [0.4, 0.5) is 4.39 Å². The molecule has 0 spiro atoms. The number of benzene rings is 3. The topological polar surface area (TPSA) is 124 Å². The van der Waals surface area contributed by atoms with Crippen LogP contribution in [0.5, 0.6) is 5.75 Å². The smallest absolute Gasteiger partial charge is 0.550 e. The van der Waals surface area contributed by atoms with Crippen molar-refractivity contribution in [2.75, 3.05) is 7.11 Å². The van der Waals surface area contributed by atoms with Crippen LogP contribution in [-0.2, 0) is 11.3 Å². The number of carboxylic acid groups (broad SMARTS) is 1. The largest absolute Gasteiger partial charge is 1.00 e. The van der Waals surface area contributed by atoms with E-state index in [1.807, 2.05) is 73.0 Å². The van der Waals surface area contributed by atoms with Crippen molar-refractivity contribution in [3.8, 4) is 28.0 Å². The summed E-state index contributed by atoms with van der Waals surface area (Å²) in [4.78, 5) is 25.0. The predicted molar refractivity (Wildman–Crippen MR) is 165 cm³/mol. The first-order valence-electron chi connectivity index (χ1n) is 14.3. The number of aliphatic carboxylic acids is 1. The van der Waals surface area contributed by atoms with Gasteiger partial charge in [-0.05, 0) is 60.9 Å². The molecule has 0 unspecified atom stereocenters. The first kappa shape index (κ1) is 35.7. The van der Waals surface area contributed by atoms with Crippen LogP contribution >= 0.6 is 0 Å². The standard InChI is InChI=1S/C35H37FN2O6.Na/c1-22(2)38-30(17-16-27(39)19-28(40)20-31(41)42)32(25-12-14-26(36)15-13-25)33(24-9-5-4-6-10-24)34(38)35(43)37-21-23-8-7-11-29(18-23)44-3;/h4-18,22,27-28,39-40H,19-21H2,1-3H3,(H,37,43)(H,41,42);/q;+1/p-1/b17-16+;/t27-,28-;/m1./s1. The number of nitrogens with one attached hydrogen (secondary N) is 1. The molecule has 0 fully saturated rings. The van der Waals surface area contributed by atoms with Gasteiger partial charge in [0.15, 0.2) is 0 Å². The van der Waals surface area contributed by atoms with Gasteiger partial charge in [0, 0.05) is 48.2 Å². The number of carboxylic acids is 1. The molecule has 1 amide bonds. The van der Waals surface area contributed by atoms with E-state index in [2.05, 4.69) is 5.32 Å². The number of methoxy groups -OCH3 is 1. The summed E-state index contributed by atoms with van der Waals surface area (Å²) in [6, 6.07) is 22.5. The number of hydrogen-bond acceptors (Lipinski definition) is 6. The van der Waals surface area contributed by atoms with Gasteiger partial charge in [-0.1, -0.05) is 60.7 Å². The van der Waals surface area contributed by atoms with Gasteiger partial charge in [0.25, 0.3) is 5.91 Å². The van der Waals surface area contributed by atoms with Crippen LogP contribution in [0.2, 0.25) is 0 Å². The predicted octanol–water partition coefficient (Wildman–Crippen LogP) is 1.75. The Morgan fingerprint density at radius 1 is 0.978 bits per heavy atom. The number of ether oxygens (including phenoxy) is 1. The van der Waals surface area contributed by atoms with E-state index in [0.717, 1.165) is 11.1 Å². The number of hydrogen-bond donors (Lipinski definition) is 3. The zero-order valence-corrected chi connectivity index (χ0v) is 27.9. The fourth-order valence-corrected chi connectivity index (χ4v) is 5.21. The Kier molecular flexibility index (Phi) is 13.1. The van der Waals surface area contributed by atoms with Crippen molar-refractivity contribution in [2.24, 2.45) is 0 Å². The molecule has 230 valence electrons. The van der Waals surface area contributed by atoms with Crippen LogP contribution in [-0.4, -0.2) is 46.0 Å². The molecular weight excluding hydrogens is 586 g/mol. The Bertz CT molecular complexity index is 1620. The van der Waals surface area contributed by atoms with Crippen LogP contribution in [0.1, 0.15) is 54.5 Å². The summed E-state index contributed by atoms with van der Waals surface area (Å²) in [6.45, 7) is 4.10. The Balaban J connectivity index is 0.00000552. The Morgan fingerprint density at radius 2 is 1.64 bits per heavy atom. The number of rotatable bonds is 13. The Hall–Kier alpha value is -3.73. The number of aliphatic hydroxyl groups excluding tert-OH is 2. The molecule has 3 aromatic carbocycles. The van der Waals surface area contributed by atoms with Crippen molar-refractivity contribution < 1.29 is 63.6 Å². The first-order chi connectivity index (χ1) is 21.1. The monoisotopic (exact) mass is 622 g/mol. The Morgan fingerprint density at radius 3 is 2.27 bits per heavy atom. The molecule has 2 atom stereocenters. The van der Waals surface area contributed by atoms with Gasteiger partial charge in [-0.3, -0.25) is 4.79 Å². The molecule has 0 aliphatic heterocycles. The molecule has 4 aromatic rings. The summed E-state index contributed by atoms with van der Waals surface area (Å²) in [5.41, 5.74) is 4.48. The molecule has 0 saturated heterocycles. The summed E-state index contributed by atoms with van der Waals surface area (Å²) in [5.74, 6) is -1.50. The molecule has 1 aromatic heterocycles. The minimum absolute atomic E-state index is 0. The molecule has 10 heteroatoms. The van der Waals surface area contributed by atoms with Gasteiger partial charge in [-0.25, -0.2) is 4.39 Å². The SMILES string of the molecule is COc1cccc(CNC(=O)c2c(-c3ccccc3)c(-c3ccc(F)cc3)c(/C=C/[C@@H](O)C[C@@H](O)CC(=O)[O-])n2C(C)C)c1.[Na+]. The molecule has 0 bridgehead atoms. The molecule has 3 N–H and O–H groups in total. The summed E-state index contributed by atoms with van der Waals surface area (Å²) in [7, 11) is 1.58. The van der Waals surface area contributed by atoms with Crippen molar-refractivity contribution in [3.05, 3.63) is 108 Å². The van der Waals surface area contributed by atoms with E-state index in [1.165, 1.54) is 18.2 Å². The van der Waals surface area contributed by atoms with Gasteiger partial charge in [0.1, 0.15) is 17.3 Å². The number of halogens is 1. The van der Waals surface area contributed by atoms with E-state index in [0.29, 0.717) is 33.8 Å². The molecule has 0 radical (unpaired) electrons. The fourth-order valence-electron chi connectivity index (χ4n) is 5.21. The van der Waals surface area contributed by atoms with Gasteiger partial charge in [0.05, 0.1) is 19.3 Å². The maximum absolute atomic E-state index is 14.1. The maximum Gasteiger partial charge on any atom is 1.00 e. The first-order valence-corrected chi connectivity index (χ1v) is 14.3. The van der Waals surface area contributed by atoms with Crippen molar-refractivity contribution in [3.63, 3.8) is 0 Å². The number of carbonyl (C=O) groups excluding carboxylic acids is 2. The van der Waals surface area contributed by atoms with E-state index in [9.17, 15) is 29.3 Å². The maximum atomic E-state index is 14.1. The summed E-state index contributed by atoms with van der Waals surface area (Å²) < 4.78 is 21.2. The van der Waals surface area contributed by atoms with Crippen molar-refractivity contribution in [2.45, 2.75) is 51.5 Å². The average Bonchev–Trinajstić information content (AvgIpc) is 3.35. The normalized spacial score (nSPS) is 12.5. The third-order valence-corrected chi connectivity index (χ3v) is 7.15. The van der Waals surface area contributed by atoms with Gasteiger partial charge < -0.3 is 34.7 Å². The molecule has 0 saturated carbocycles. The van der Waals surface area contributed by atoms with Crippen LogP contribution in [0.3, 0.4) is 0 Å². The zero-order chi connectivity index (χ0) is 31.8. The minimum Gasteiger partial charge on any atom is -0.550 e. The third-order valence-electron chi connectivity index (χ3n) is 7.15. The van der Waals surface area contributed by atoms with Crippen molar-refractivity contribution in [1.29, 1.82) is 0 Å². The van der Waals surface area contributed by atoms with Crippen LogP contribution < -0.4 is 44.7 Å². The van der Waals surface area contributed by atoms with E-state index < -0.39 is 30.4 Å². The van der Waals surface area contributed by atoms with Crippen LogP contribution in [0, 0.1) is 5.82 Å². The average molecular weight is 623 g/mol. The number of nitrogens with zero attached hydrogens (tertiary/aromatic N) is 1. The summed E-state index contributed by atoms with van der Waals surface area (Å²) in [6.07, 6.45) is -0.216. The zero-order valence-electron chi connectivity index (χ0n) is 25.9. The Labute approximate surface area is 284 Å². The molecule has 1 heterocycles. The molecule has 8 nitrogen and oxygen atoms in total. The van der Waals surface area contributed by atoms with E-state index >= 15 is 0 Å². The number of aliphatic hydroxyl groups is 2. The second-order valence-electron chi connectivity index (χ2n) is 10.7. The third kappa shape index (κ3) is 9.15. The number of amides is 1. The van der Waals surface area contributed by atoms with Gasteiger partial charge in [0.2, 0.25) is 0 Å². The van der Waals surface area contributed by atoms with Gasteiger partial charge in [-0.2, -0.15) is 0 Å². The van der Waals surface area contributed by atoms with Gasteiger partial charge in [-0.15, -0.1) is 0 Å². The number of aromatic nitrogens is 1. The van der Waals surface area contributed by atoms with Crippen molar-refractivity contribution >= 4 is 18.0 Å². The quantitative estimate of drug-likeness (QED) is 0.195. The van der Waals surface area contributed by atoms with Crippen LogP contribution in [0.15, 0.2) is 84.9 Å². The molecular formula is C35H36FN2NaO6. The molecule has 4 rings (SSSR count).